The first-order valence-electron chi connectivity index (χ1n) is 11.1. The first-order chi connectivity index (χ1) is 15.2. The lowest BCUT2D eigenvalue weighted by atomic mass is 10.2. The van der Waals surface area contributed by atoms with Crippen LogP contribution in [0.3, 0.4) is 0 Å². The fourth-order valence-corrected chi connectivity index (χ4v) is 3.60. The highest BCUT2D eigenvalue weighted by molar-refractivity contribution is 5.94. The van der Waals surface area contributed by atoms with Gasteiger partial charge in [0.25, 0.3) is 0 Å². The van der Waals surface area contributed by atoms with E-state index in [4.69, 9.17) is 9.15 Å². The number of amides is 2. The standard InChI is InChI=1S/C25H32N2O4/c1-2-3-15-26(24(28)14-13-21-9-5-4-6-10-21)20-25(29)27(18-22-11-7-16-30-22)19-23-12-8-17-31-23/h4-7,9-11,13-14,16,23H,2-3,8,12,15,17-20H2,1H3. The van der Waals surface area contributed by atoms with Gasteiger partial charge in [-0.3, -0.25) is 9.59 Å². The van der Waals surface area contributed by atoms with Crippen LogP contribution in [0.1, 0.15) is 43.9 Å². The fraction of sp³-hybridized carbons (Fsp3) is 0.440. The molecule has 1 atom stereocenters. The lowest BCUT2D eigenvalue weighted by Crippen LogP contribution is -2.45. The van der Waals surface area contributed by atoms with Crippen molar-refractivity contribution in [1.29, 1.82) is 0 Å². The van der Waals surface area contributed by atoms with Crippen LogP contribution in [0.5, 0.6) is 0 Å². The van der Waals surface area contributed by atoms with E-state index in [9.17, 15) is 9.59 Å². The second-order valence-corrected chi connectivity index (χ2v) is 7.85. The van der Waals surface area contributed by atoms with E-state index in [2.05, 4.69) is 6.92 Å². The molecule has 166 valence electrons. The van der Waals surface area contributed by atoms with Gasteiger partial charge in [-0.2, -0.15) is 0 Å². The van der Waals surface area contributed by atoms with Gasteiger partial charge in [-0.05, 0) is 43.0 Å². The van der Waals surface area contributed by atoms with Gasteiger partial charge in [-0.15, -0.1) is 0 Å². The highest BCUT2D eigenvalue weighted by Crippen LogP contribution is 2.16. The second-order valence-electron chi connectivity index (χ2n) is 7.85. The molecule has 0 saturated carbocycles. The van der Waals surface area contributed by atoms with Crippen LogP contribution in [-0.2, 0) is 20.9 Å². The number of carbonyl (C=O) groups is 2. The van der Waals surface area contributed by atoms with E-state index in [0.717, 1.165) is 43.6 Å². The van der Waals surface area contributed by atoms with Crippen LogP contribution in [-0.4, -0.2) is 54.0 Å². The summed E-state index contributed by atoms with van der Waals surface area (Å²) in [6.45, 7) is 4.29. The number of ether oxygens (including phenoxy) is 1. The quantitative estimate of drug-likeness (QED) is 0.509. The molecule has 2 heterocycles. The van der Waals surface area contributed by atoms with Crippen LogP contribution in [0.25, 0.3) is 6.08 Å². The Hall–Kier alpha value is -2.86. The number of unbranched alkanes of at least 4 members (excludes halogenated alkanes) is 1. The Morgan fingerprint density at radius 1 is 1.13 bits per heavy atom. The third kappa shape index (κ3) is 7.40. The Balaban J connectivity index is 1.67. The summed E-state index contributed by atoms with van der Waals surface area (Å²) in [6, 6.07) is 13.4. The molecule has 3 rings (SSSR count). The van der Waals surface area contributed by atoms with Crippen LogP contribution < -0.4 is 0 Å². The highest BCUT2D eigenvalue weighted by Gasteiger charge is 2.25. The summed E-state index contributed by atoms with van der Waals surface area (Å²) < 4.78 is 11.2. The molecule has 0 radical (unpaired) electrons. The van der Waals surface area contributed by atoms with Crippen LogP contribution >= 0.6 is 0 Å². The molecule has 1 aromatic carbocycles. The normalized spacial score (nSPS) is 16.0. The number of furan rings is 1. The Kier molecular flexibility index (Phi) is 8.91. The van der Waals surface area contributed by atoms with Gasteiger partial charge < -0.3 is 19.0 Å². The summed E-state index contributed by atoms with van der Waals surface area (Å²) in [5.41, 5.74) is 0.954. The molecule has 0 N–H and O–H groups in total. The van der Waals surface area contributed by atoms with Crippen LogP contribution in [0.4, 0.5) is 0 Å². The second kappa shape index (κ2) is 12.1. The molecule has 6 nitrogen and oxygen atoms in total. The molecule has 1 fully saturated rings. The lowest BCUT2D eigenvalue weighted by molar-refractivity contribution is -0.140. The van der Waals surface area contributed by atoms with Gasteiger partial charge in [-0.1, -0.05) is 43.7 Å². The Bertz CT molecular complexity index is 826. The SMILES string of the molecule is CCCCN(CC(=O)N(Cc1ccco1)CC1CCCO1)C(=O)C=Cc1ccccc1. The summed E-state index contributed by atoms with van der Waals surface area (Å²) in [6.07, 6.45) is 8.74. The maximum atomic E-state index is 13.2. The number of benzene rings is 1. The number of carbonyl (C=O) groups excluding carboxylic acids is 2. The van der Waals surface area contributed by atoms with Crippen LogP contribution in [0.15, 0.2) is 59.2 Å². The Morgan fingerprint density at radius 3 is 2.65 bits per heavy atom. The molecule has 2 amide bonds. The average Bonchev–Trinajstić information content (AvgIpc) is 3.49. The van der Waals surface area contributed by atoms with Crippen molar-refractivity contribution in [2.75, 3.05) is 26.2 Å². The van der Waals surface area contributed by atoms with E-state index in [-0.39, 0.29) is 24.5 Å². The molecule has 1 unspecified atom stereocenters. The molecule has 31 heavy (non-hydrogen) atoms. The van der Waals surface area contributed by atoms with E-state index in [1.54, 1.807) is 28.2 Å². The zero-order valence-corrected chi connectivity index (χ0v) is 18.2. The molecule has 1 aliphatic rings. The van der Waals surface area contributed by atoms with Gasteiger partial charge in [0.2, 0.25) is 11.8 Å². The van der Waals surface area contributed by atoms with Gasteiger partial charge in [0, 0.05) is 25.8 Å². The van der Waals surface area contributed by atoms with E-state index < -0.39 is 0 Å². The predicted octanol–water partition coefficient (Wildman–Crippen LogP) is 4.13. The minimum Gasteiger partial charge on any atom is -0.467 e. The van der Waals surface area contributed by atoms with Gasteiger partial charge in [0.15, 0.2) is 0 Å². The largest absolute Gasteiger partial charge is 0.467 e. The summed E-state index contributed by atoms with van der Waals surface area (Å²) in [5, 5.41) is 0. The van der Waals surface area contributed by atoms with Crippen molar-refractivity contribution >= 4 is 17.9 Å². The summed E-state index contributed by atoms with van der Waals surface area (Å²) in [5.74, 6) is 0.479. The molecular weight excluding hydrogens is 392 g/mol. The summed E-state index contributed by atoms with van der Waals surface area (Å²) >= 11 is 0. The van der Waals surface area contributed by atoms with E-state index in [1.165, 1.54) is 0 Å². The van der Waals surface area contributed by atoms with Crippen LogP contribution in [0.2, 0.25) is 0 Å². The first-order valence-corrected chi connectivity index (χ1v) is 11.1. The smallest absolute Gasteiger partial charge is 0.247 e. The first kappa shape index (κ1) is 22.8. The maximum Gasteiger partial charge on any atom is 0.247 e. The van der Waals surface area contributed by atoms with Crippen LogP contribution in [0, 0.1) is 0 Å². The number of hydrogen-bond donors (Lipinski definition) is 0. The van der Waals surface area contributed by atoms with Crippen molar-refractivity contribution < 1.29 is 18.7 Å². The molecule has 0 aliphatic carbocycles. The fourth-order valence-electron chi connectivity index (χ4n) is 3.60. The molecule has 6 heteroatoms. The topological polar surface area (TPSA) is 63.0 Å². The zero-order chi connectivity index (χ0) is 21.9. The molecule has 0 spiro atoms. The van der Waals surface area contributed by atoms with Crippen molar-refractivity contribution in [3.8, 4) is 0 Å². The summed E-state index contributed by atoms with van der Waals surface area (Å²) in [4.78, 5) is 29.5. The third-order valence-electron chi connectivity index (χ3n) is 5.36. The monoisotopic (exact) mass is 424 g/mol. The number of rotatable bonds is 11. The minimum absolute atomic E-state index is 0.0386. The van der Waals surface area contributed by atoms with Crippen molar-refractivity contribution in [1.82, 2.24) is 9.80 Å². The maximum absolute atomic E-state index is 13.2. The number of nitrogens with zero attached hydrogens (tertiary/aromatic N) is 2. The van der Waals surface area contributed by atoms with Gasteiger partial charge >= 0.3 is 0 Å². The minimum atomic E-state index is -0.152. The molecule has 0 bridgehead atoms. The van der Waals surface area contributed by atoms with E-state index >= 15 is 0 Å². The van der Waals surface area contributed by atoms with Crippen molar-refractivity contribution in [3.63, 3.8) is 0 Å². The average molecular weight is 425 g/mol. The molecule has 1 aromatic heterocycles. The van der Waals surface area contributed by atoms with Crippen molar-refractivity contribution in [2.24, 2.45) is 0 Å². The summed E-state index contributed by atoms with van der Waals surface area (Å²) in [7, 11) is 0. The van der Waals surface area contributed by atoms with E-state index in [0.29, 0.717) is 19.6 Å². The molecule has 1 saturated heterocycles. The van der Waals surface area contributed by atoms with Crippen molar-refractivity contribution in [3.05, 3.63) is 66.1 Å². The molecular formula is C25H32N2O4. The zero-order valence-electron chi connectivity index (χ0n) is 18.2. The highest BCUT2D eigenvalue weighted by atomic mass is 16.5. The van der Waals surface area contributed by atoms with Gasteiger partial charge in [0.05, 0.1) is 18.9 Å². The van der Waals surface area contributed by atoms with E-state index in [1.807, 2.05) is 42.5 Å². The predicted molar refractivity (Wildman–Crippen MR) is 120 cm³/mol. The van der Waals surface area contributed by atoms with Gasteiger partial charge in [0.1, 0.15) is 12.3 Å². The lowest BCUT2D eigenvalue weighted by Gasteiger charge is -2.28. The molecule has 2 aromatic rings. The Labute approximate surface area is 184 Å². The van der Waals surface area contributed by atoms with Crippen molar-refractivity contribution in [2.45, 2.75) is 45.3 Å². The number of hydrogen-bond acceptors (Lipinski definition) is 4. The molecule has 1 aliphatic heterocycles. The third-order valence-corrected chi connectivity index (χ3v) is 5.36. The Morgan fingerprint density at radius 2 is 1.97 bits per heavy atom. The van der Waals surface area contributed by atoms with Gasteiger partial charge in [-0.25, -0.2) is 0 Å².